The summed E-state index contributed by atoms with van der Waals surface area (Å²) in [4.78, 5) is 14.5. The lowest BCUT2D eigenvalue weighted by atomic mass is 10.0. The van der Waals surface area contributed by atoms with E-state index in [1.54, 1.807) is 30.3 Å². The minimum absolute atomic E-state index is 0.0144. The van der Waals surface area contributed by atoms with Gasteiger partial charge in [0.15, 0.2) is 0 Å². The predicted octanol–water partition coefficient (Wildman–Crippen LogP) is 6.11. The maximum atomic E-state index is 13.2. The van der Waals surface area contributed by atoms with Crippen molar-refractivity contribution in [2.45, 2.75) is 17.9 Å². The second-order valence-electron chi connectivity index (χ2n) is 7.28. The number of nitrogens with zero attached hydrogens (tertiary/aromatic N) is 1. The average molecular weight is 524 g/mol. The van der Waals surface area contributed by atoms with E-state index < -0.39 is 16.0 Å². The largest absolute Gasteiger partial charge is 0.481 e. The Hall–Kier alpha value is -2.55. The first-order valence-corrected chi connectivity index (χ1v) is 12.2. The van der Waals surface area contributed by atoms with Gasteiger partial charge in [-0.2, -0.15) is 0 Å². The molecular weight excluding hydrogens is 507 g/mol. The maximum Gasteiger partial charge on any atom is 0.307 e. The summed E-state index contributed by atoms with van der Waals surface area (Å²) in [5.41, 5.74) is 2.78. The quantitative estimate of drug-likeness (QED) is 0.286. The summed E-state index contributed by atoms with van der Waals surface area (Å²) in [6.07, 6.45) is -0.238. The SMILES string of the molecule is O=C(O)Cc1c(-c2ccc(Cl)c(S(=O)(=O)N(Cl)Cc3ccccc3Cl)c2)[nH]c2ccccc12. The molecule has 1 aromatic heterocycles. The van der Waals surface area contributed by atoms with Crippen molar-refractivity contribution >= 4 is 61.9 Å². The molecule has 33 heavy (non-hydrogen) atoms. The number of hydrogen-bond acceptors (Lipinski definition) is 3. The molecule has 1 heterocycles. The Bertz CT molecular complexity index is 1470. The van der Waals surface area contributed by atoms with Crippen molar-refractivity contribution in [3.63, 3.8) is 0 Å². The zero-order chi connectivity index (χ0) is 23.8. The molecule has 0 saturated heterocycles. The van der Waals surface area contributed by atoms with Crippen molar-refractivity contribution in [3.8, 4) is 11.3 Å². The fraction of sp³-hybridized carbons (Fsp3) is 0.0870. The zero-order valence-corrected chi connectivity index (χ0v) is 20.0. The van der Waals surface area contributed by atoms with Gasteiger partial charge in [0.05, 0.1) is 23.7 Å². The van der Waals surface area contributed by atoms with Crippen molar-refractivity contribution in [2.24, 2.45) is 0 Å². The van der Waals surface area contributed by atoms with E-state index in [9.17, 15) is 18.3 Å². The Balaban J connectivity index is 1.79. The maximum absolute atomic E-state index is 13.2. The summed E-state index contributed by atoms with van der Waals surface area (Å²) in [5, 5.41) is 10.5. The van der Waals surface area contributed by atoms with E-state index in [0.717, 1.165) is 10.9 Å². The van der Waals surface area contributed by atoms with E-state index in [1.807, 2.05) is 24.3 Å². The molecule has 0 saturated carbocycles. The number of sulfonamides is 1. The van der Waals surface area contributed by atoms with Crippen molar-refractivity contribution in [3.05, 3.63) is 87.9 Å². The second-order valence-corrected chi connectivity index (χ2v) is 10.5. The van der Waals surface area contributed by atoms with E-state index >= 15 is 0 Å². The van der Waals surface area contributed by atoms with Crippen LogP contribution in [0.1, 0.15) is 11.1 Å². The molecule has 0 aliphatic rings. The number of aromatic amines is 1. The van der Waals surface area contributed by atoms with Crippen molar-refractivity contribution in [2.75, 3.05) is 0 Å². The van der Waals surface area contributed by atoms with Crippen molar-refractivity contribution < 1.29 is 18.3 Å². The number of benzene rings is 3. The lowest BCUT2D eigenvalue weighted by Gasteiger charge is -2.17. The van der Waals surface area contributed by atoms with Crippen LogP contribution < -0.4 is 0 Å². The molecule has 0 amide bonds. The zero-order valence-electron chi connectivity index (χ0n) is 16.9. The molecule has 0 aliphatic heterocycles. The van der Waals surface area contributed by atoms with E-state index in [0.29, 0.717) is 31.2 Å². The van der Waals surface area contributed by atoms with Gasteiger partial charge < -0.3 is 10.1 Å². The number of aliphatic carboxylic acids is 1. The van der Waals surface area contributed by atoms with Crippen LogP contribution in [-0.4, -0.2) is 28.3 Å². The van der Waals surface area contributed by atoms with Crippen LogP contribution in [0.5, 0.6) is 0 Å². The summed E-state index contributed by atoms with van der Waals surface area (Å²) >= 11 is 18.6. The fourth-order valence-corrected chi connectivity index (χ4v) is 5.66. The molecule has 170 valence electrons. The first kappa shape index (κ1) is 23.6. The Kier molecular flexibility index (Phi) is 6.70. The van der Waals surface area contributed by atoms with Crippen LogP contribution in [0.15, 0.2) is 71.6 Å². The van der Waals surface area contributed by atoms with E-state index in [1.165, 1.54) is 12.1 Å². The number of hydrogen-bond donors (Lipinski definition) is 2. The number of para-hydroxylation sites is 1. The lowest BCUT2D eigenvalue weighted by molar-refractivity contribution is -0.136. The number of halogens is 3. The van der Waals surface area contributed by atoms with Crippen LogP contribution in [0, 0.1) is 0 Å². The van der Waals surface area contributed by atoms with Gasteiger partial charge in [0.2, 0.25) is 0 Å². The smallest absolute Gasteiger partial charge is 0.307 e. The number of aromatic nitrogens is 1. The topological polar surface area (TPSA) is 90.5 Å². The molecule has 10 heteroatoms. The van der Waals surface area contributed by atoms with Crippen molar-refractivity contribution in [1.29, 1.82) is 0 Å². The van der Waals surface area contributed by atoms with E-state index in [-0.39, 0.29) is 22.9 Å². The monoisotopic (exact) mass is 522 g/mol. The minimum Gasteiger partial charge on any atom is -0.481 e. The van der Waals surface area contributed by atoms with E-state index in [4.69, 9.17) is 35.0 Å². The van der Waals surface area contributed by atoms with Gasteiger partial charge in [-0.05, 0) is 52.7 Å². The van der Waals surface area contributed by atoms with E-state index in [2.05, 4.69) is 4.98 Å². The number of carboxylic acid groups (broad SMARTS) is 1. The molecule has 0 radical (unpaired) electrons. The van der Waals surface area contributed by atoms with Gasteiger partial charge in [-0.25, -0.2) is 8.42 Å². The highest BCUT2D eigenvalue weighted by Gasteiger charge is 2.28. The number of H-pyrrole nitrogens is 1. The third kappa shape index (κ3) is 4.74. The number of carboxylic acids is 1. The highest BCUT2D eigenvalue weighted by Crippen LogP contribution is 2.35. The van der Waals surface area contributed by atoms with Crippen LogP contribution in [0.2, 0.25) is 10.0 Å². The number of carbonyl (C=O) groups is 1. The third-order valence-electron chi connectivity index (χ3n) is 5.15. The molecule has 0 atom stereocenters. The summed E-state index contributed by atoms with van der Waals surface area (Å²) in [6.45, 7) is -0.166. The molecule has 4 aromatic rings. The molecule has 0 spiro atoms. The van der Waals surface area contributed by atoms with Crippen LogP contribution in [0.4, 0.5) is 0 Å². The first-order chi connectivity index (χ1) is 15.7. The molecule has 4 rings (SSSR count). The normalized spacial score (nSPS) is 11.9. The summed E-state index contributed by atoms with van der Waals surface area (Å²) in [5.74, 6) is -1.01. The molecule has 0 aliphatic carbocycles. The summed E-state index contributed by atoms with van der Waals surface area (Å²) in [7, 11) is -4.20. The predicted molar refractivity (Wildman–Crippen MR) is 130 cm³/mol. The fourth-order valence-electron chi connectivity index (χ4n) is 3.59. The molecule has 3 aromatic carbocycles. The van der Waals surface area contributed by atoms with Gasteiger partial charge in [0, 0.05) is 15.9 Å². The van der Waals surface area contributed by atoms with Crippen molar-refractivity contribution in [1.82, 2.24) is 8.81 Å². The molecule has 0 bridgehead atoms. The molecule has 0 unspecified atom stereocenters. The molecule has 2 N–H and O–H groups in total. The lowest BCUT2D eigenvalue weighted by Crippen LogP contribution is -2.22. The Morgan fingerprint density at radius 3 is 2.39 bits per heavy atom. The third-order valence-corrected chi connectivity index (χ3v) is 8.17. The van der Waals surface area contributed by atoms with Gasteiger partial charge in [0.25, 0.3) is 10.0 Å². The summed E-state index contributed by atoms with van der Waals surface area (Å²) in [6, 6.07) is 18.5. The van der Waals surface area contributed by atoms with Gasteiger partial charge in [0.1, 0.15) is 4.90 Å². The average Bonchev–Trinajstić information content (AvgIpc) is 3.13. The van der Waals surface area contributed by atoms with Crippen LogP contribution in [0.3, 0.4) is 0 Å². The standard InChI is InChI=1S/C23H17Cl3N2O4S/c24-18-7-3-1-5-15(18)13-28(26)33(31,32)21-11-14(9-10-19(21)25)23-17(12-22(29)30)16-6-2-4-8-20(16)27-23/h1-11,27H,12-13H2,(H,29,30). The van der Waals surface area contributed by atoms with Crippen LogP contribution in [0.25, 0.3) is 22.2 Å². The minimum atomic E-state index is -4.20. The number of nitrogens with one attached hydrogen (secondary N) is 1. The van der Waals surface area contributed by atoms with Gasteiger partial charge >= 0.3 is 5.97 Å². The molecular formula is C23H17Cl3N2O4S. The Morgan fingerprint density at radius 2 is 1.67 bits per heavy atom. The van der Waals surface area contributed by atoms with Gasteiger partial charge in [-0.1, -0.05) is 65.7 Å². The second kappa shape index (κ2) is 9.37. The highest BCUT2D eigenvalue weighted by molar-refractivity contribution is 7.90. The molecule has 0 fully saturated rings. The van der Waals surface area contributed by atoms with Gasteiger partial charge in [-0.15, -0.1) is 3.82 Å². The van der Waals surface area contributed by atoms with Crippen LogP contribution >= 0.6 is 35.0 Å². The highest BCUT2D eigenvalue weighted by atomic mass is 35.5. The Labute approximate surface area is 205 Å². The summed E-state index contributed by atoms with van der Waals surface area (Å²) < 4.78 is 27.2. The first-order valence-electron chi connectivity index (χ1n) is 9.71. The number of rotatable bonds is 7. The number of fused-ring (bicyclic) bond motifs is 1. The van der Waals surface area contributed by atoms with Gasteiger partial charge in [-0.3, -0.25) is 4.79 Å². The van der Waals surface area contributed by atoms with Crippen LogP contribution in [-0.2, 0) is 27.8 Å². The molecule has 6 nitrogen and oxygen atoms in total. The Morgan fingerprint density at radius 1 is 0.970 bits per heavy atom.